The third kappa shape index (κ3) is 5.08. The zero-order valence-electron chi connectivity index (χ0n) is 21.2. The fourth-order valence-corrected chi connectivity index (χ4v) is 4.89. The lowest BCUT2D eigenvalue weighted by molar-refractivity contribution is -0.144. The van der Waals surface area contributed by atoms with Crippen molar-refractivity contribution in [2.24, 2.45) is 5.90 Å². The molecule has 3 aromatic carbocycles. The maximum atomic E-state index is 13.3. The van der Waals surface area contributed by atoms with Crippen molar-refractivity contribution >= 4 is 34.0 Å². The summed E-state index contributed by atoms with van der Waals surface area (Å²) < 4.78 is 5.88. The molecule has 0 radical (unpaired) electrons. The van der Waals surface area contributed by atoms with Crippen LogP contribution in [-0.4, -0.2) is 44.8 Å². The van der Waals surface area contributed by atoms with E-state index in [1.165, 1.54) is 0 Å². The van der Waals surface area contributed by atoms with E-state index in [9.17, 15) is 9.59 Å². The summed E-state index contributed by atoms with van der Waals surface area (Å²) in [7, 11) is 0. The van der Waals surface area contributed by atoms with Crippen molar-refractivity contribution in [2.45, 2.75) is 31.6 Å². The van der Waals surface area contributed by atoms with E-state index < -0.39 is 5.97 Å². The third-order valence-electron chi connectivity index (χ3n) is 7.03. The van der Waals surface area contributed by atoms with Crippen LogP contribution in [0.5, 0.6) is 0 Å². The van der Waals surface area contributed by atoms with Crippen molar-refractivity contribution in [3.63, 3.8) is 0 Å². The van der Waals surface area contributed by atoms with Crippen molar-refractivity contribution in [1.29, 1.82) is 0 Å². The first-order valence-corrected chi connectivity index (χ1v) is 13.0. The van der Waals surface area contributed by atoms with Gasteiger partial charge in [0.2, 0.25) is 5.89 Å². The van der Waals surface area contributed by atoms with E-state index in [0.29, 0.717) is 48.4 Å². The monoisotopic (exact) mass is 521 g/mol. The smallest absolute Gasteiger partial charge is 0.324 e. The highest BCUT2D eigenvalue weighted by atomic mass is 16.7. The van der Waals surface area contributed by atoms with Gasteiger partial charge < -0.3 is 14.2 Å². The molecule has 5 aromatic rings. The summed E-state index contributed by atoms with van der Waals surface area (Å²) >= 11 is 0. The lowest BCUT2D eigenvalue weighted by Gasteiger charge is -2.37. The molecule has 3 heterocycles. The molecule has 9 nitrogen and oxygen atoms in total. The van der Waals surface area contributed by atoms with Crippen LogP contribution in [0.2, 0.25) is 0 Å². The van der Waals surface area contributed by atoms with Gasteiger partial charge in [-0.1, -0.05) is 42.5 Å². The number of carbonyl (C=O) groups is 2. The van der Waals surface area contributed by atoms with Crippen LogP contribution >= 0.6 is 0 Å². The molecule has 0 aliphatic carbocycles. The third-order valence-corrected chi connectivity index (χ3v) is 7.03. The van der Waals surface area contributed by atoms with Crippen LogP contribution in [0.3, 0.4) is 0 Å². The Labute approximate surface area is 224 Å². The fraction of sp³-hybridized carbons (Fsp3) is 0.233. The quantitative estimate of drug-likeness (QED) is 0.228. The average molecular weight is 522 g/mol. The number of unbranched alkanes of at least 4 members (excludes halogenated alkanes) is 1. The van der Waals surface area contributed by atoms with Gasteiger partial charge in [0.1, 0.15) is 5.52 Å². The van der Waals surface area contributed by atoms with Crippen LogP contribution in [-0.2, 0) is 16.1 Å². The van der Waals surface area contributed by atoms with E-state index in [0.717, 1.165) is 34.5 Å². The predicted molar refractivity (Wildman–Crippen MR) is 145 cm³/mol. The molecular formula is C30H27N5O4. The van der Waals surface area contributed by atoms with Gasteiger partial charge in [-0.05, 0) is 49.6 Å². The molecule has 1 fully saturated rings. The first-order valence-electron chi connectivity index (χ1n) is 13.0. The number of benzene rings is 3. The molecular weight excluding hydrogens is 494 g/mol. The standard InChI is InChI=1S/C30H27N5O4/c31-39-27(36)13-7-5-11-24-28(19-8-2-1-3-9-19)33-22-15-14-20(16-25(22)32-24)30(37)35-17-21(18-35)29-34-23-10-4-6-12-26(23)38-29/h1-4,6,8-10,12,14-16,21H,5,7,11,13,17-18,31H2. The highest BCUT2D eigenvalue weighted by Crippen LogP contribution is 2.31. The van der Waals surface area contributed by atoms with Crippen LogP contribution in [0.1, 0.15) is 47.1 Å². The lowest BCUT2D eigenvalue weighted by Crippen LogP contribution is -2.48. The minimum Gasteiger partial charge on any atom is -0.440 e. The van der Waals surface area contributed by atoms with E-state index >= 15 is 0 Å². The van der Waals surface area contributed by atoms with Crippen LogP contribution in [0, 0.1) is 0 Å². The molecule has 2 N–H and O–H groups in total. The summed E-state index contributed by atoms with van der Waals surface area (Å²) in [5.74, 6) is 5.20. The second-order valence-electron chi connectivity index (χ2n) is 9.71. The number of aryl methyl sites for hydroxylation is 1. The number of aromatic nitrogens is 3. The molecule has 0 atom stereocenters. The topological polar surface area (TPSA) is 124 Å². The van der Waals surface area contributed by atoms with Crippen molar-refractivity contribution < 1.29 is 18.8 Å². The maximum absolute atomic E-state index is 13.3. The Balaban J connectivity index is 1.21. The van der Waals surface area contributed by atoms with E-state index in [1.807, 2.05) is 66.7 Å². The van der Waals surface area contributed by atoms with Crippen LogP contribution in [0.15, 0.2) is 77.2 Å². The van der Waals surface area contributed by atoms with Gasteiger partial charge in [-0.2, -0.15) is 5.90 Å². The van der Waals surface area contributed by atoms with Crippen molar-refractivity contribution in [2.75, 3.05) is 13.1 Å². The van der Waals surface area contributed by atoms with E-state index in [4.69, 9.17) is 20.3 Å². The van der Waals surface area contributed by atoms with Gasteiger partial charge in [-0.25, -0.2) is 15.0 Å². The number of hydrogen-bond acceptors (Lipinski definition) is 8. The molecule has 39 heavy (non-hydrogen) atoms. The Morgan fingerprint density at radius 2 is 1.69 bits per heavy atom. The molecule has 0 unspecified atom stereocenters. The first kappa shape index (κ1) is 24.7. The molecule has 2 aromatic heterocycles. The summed E-state index contributed by atoms with van der Waals surface area (Å²) in [5, 5.41) is 0. The fourth-order valence-electron chi connectivity index (χ4n) is 4.89. The van der Waals surface area contributed by atoms with Gasteiger partial charge in [0, 0.05) is 30.6 Å². The number of fused-ring (bicyclic) bond motifs is 2. The van der Waals surface area contributed by atoms with Crippen molar-refractivity contribution in [3.8, 4) is 11.3 Å². The van der Waals surface area contributed by atoms with E-state index in [1.54, 1.807) is 11.0 Å². The zero-order chi connectivity index (χ0) is 26.8. The molecule has 1 aliphatic heterocycles. The summed E-state index contributed by atoms with van der Waals surface area (Å²) in [6.07, 6.45) is 2.22. The van der Waals surface area contributed by atoms with Crippen molar-refractivity contribution in [3.05, 3.63) is 89.9 Å². The Kier molecular flexibility index (Phi) is 6.73. The lowest BCUT2D eigenvalue weighted by atomic mass is 9.98. The number of likely N-dealkylation sites (tertiary alicyclic amines) is 1. The minimum absolute atomic E-state index is 0.0555. The normalized spacial score (nSPS) is 13.5. The molecule has 0 saturated carbocycles. The van der Waals surface area contributed by atoms with Crippen molar-refractivity contribution in [1.82, 2.24) is 19.9 Å². The van der Waals surface area contributed by atoms with Gasteiger partial charge in [-0.15, -0.1) is 0 Å². The van der Waals surface area contributed by atoms with Gasteiger partial charge in [0.05, 0.1) is 28.3 Å². The number of amides is 1. The van der Waals surface area contributed by atoms with Crippen LogP contribution in [0.25, 0.3) is 33.4 Å². The summed E-state index contributed by atoms with van der Waals surface area (Å²) in [4.78, 5) is 45.1. The molecule has 0 spiro atoms. The number of carbonyl (C=O) groups excluding carboxylic acids is 2. The van der Waals surface area contributed by atoms with E-state index in [2.05, 4.69) is 9.82 Å². The SMILES string of the molecule is NOC(=O)CCCCc1nc2cc(C(=O)N3CC(c4nc5ccccc5o4)C3)ccc2nc1-c1ccccc1. The second-order valence-corrected chi connectivity index (χ2v) is 9.71. The molecule has 0 bridgehead atoms. The Morgan fingerprint density at radius 3 is 2.49 bits per heavy atom. The van der Waals surface area contributed by atoms with Crippen LogP contribution in [0.4, 0.5) is 0 Å². The Morgan fingerprint density at radius 1 is 0.897 bits per heavy atom. The molecule has 6 rings (SSSR count). The summed E-state index contributed by atoms with van der Waals surface area (Å²) in [5.41, 5.74) is 6.12. The van der Waals surface area contributed by atoms with E-state index in [-0.39, 0.29) is 18.2 Å². The summed E-state index contributed by atoms with van der Waals surface area (Å²) in [6.45, 7) is 1.11. The molecule has 9 heteroatoms. The minimum atomic E-state index is -0.435. The number of oxazole rings is 1. The van der Waals surface area contributed by atoms with Gasteiger partial charge in [0.15, 0.2) is 5.58 Å². The maximum Gasteiger partial charge on any atom is 0.324 e. The number of hydrogen-bond donors (Lipinski definition) is 1. The second kappa shape index (κ2) is 10.6. The number of rotatable bonds is 8. The van der Waals surface area contributed by atoms with Gasteiger partial charge in [-0.3, -0.25) is 9.59 Å². The Bertz CT molecular complexity index is 1630. The molecule has 196 valence electrons. The summed E-state index contributed by atoms with van der Waals surface area (Å²) in [6, 6.07) is 23.0. The zero-order valence-corrected chi connectivity index (χ0v) is 21.2. The molecule has 1 saturated heterocycles. The Hall–Kier alpha value is -4.63. The number of nitrogens with zero attached hydrogens (tertiary/aromatic N) is 4. The molecule has 1 amide bonds. The molecule has 1 aliphatic rings. The highest BCUT2D eigenvalue weighted by Gasteiger charge is 2.35. The first-order chi connectivity index (χ1) is 19.1. The average Bonchev–Trinajstić information content (AvgIpc) is 3.37. The van der Waals surface area contributed by atoms with Gasteiger partial charge >= 0.3 is 5.97 Å². The number of nitrogens with two attached hydrogens (primary N) is 1. The largest absolute Gasteiger partial charge is 0.440 e. The predicted octanol–water partition coefficient (Wildman–Crippen LogP) is 4.81. The van der Waals surface area contributed by atoms with Crippen LogP contribution < -0.4 is 5.90 Å². The van der Waals surface area contributed by atoms with Gasteiger partial charge in [0.25, 0.3) is 5.91 Å². The highest BCUT2D eigenvalue weighted by molar-refractivity contribution is 5.98. The number of para-hydroxylation sites is 2.